The van der Waals surface area contributed by atoms with Gasteiger partial charge in [-0.1, -0.05) is 61.9 Å². The SMILES string of the molecule is [2H]C([2H])([2H])c1ccc(N(C)c2cccc3c2oc2c(C([2H])(C)C)cccc23)cc1. The second kappa shape index (κ2) is 5.96. The van der Waals surface area contributed by atoms with Gasteiger partial charge in [0.25, 0.3) is 0 Å². The Kier molecular flexibility index (Phi) is 2.80. The summed E-state index contributed by atoms with van der Waals surface area (Å²) in [6.07, 6.45) is 0. The lowest BCUT2D eigenvalue weighted by molar-refractivity contribution is 0.657. The molecule has 1 aromatic heterocycles. The zero-order chi connectivity index (χ0) is 21.0. The number of fused-ring (bicyclic) bond motifs is 3. The van der Waals surface area contributed by atoms with E-state index >= 15 is 0 Å². The number of rotatable bonds is 3. The van der Waals surface area contributed by atoms with Crippen molar-refractivity contribution in [2.45, 2.75) is 26.6 Å². The van der Waals surface area contributed by atoms with Crippen LogP contribution in [0.1, 0.15) is 36.4 Å². The van der Waals surface area contributed by atoms with Gasteiger partial charge in [0.05, 0.1) is 5.69 Å². The molecule has 4 rings (SSSR count). The molecule has 126 valence electrons. The standard InChI is InChI=1S/C23H23NO/c1-15(2)18-7-5-8-19-20-9-6-10-21(23(20)25-22(18)19)24(4)17-13-11-16(3)12-14-17/h5-15H,1-4H3/i3D3,15D. The number of aryl methyl sites for hydroxylation is 1. The monoisotopic (exact) mass is 333 g/mol. The van der Waals surface area contributed by atoms with Crippen LogP contribution in [0.3, 0.4) is 0 Å². The van der Waals surface area contributed by atoms with Crippen LogP contribution in [0.2, 0.25) is 0 Å². The molecule has 0 bridgehead atoms. The van der Waals surface area contributed by atoms with Crippen molar-refractivity contribution in [3.8, 4) is 0 Å². The molecule has 2 heteroatoms. The first kappa shape index (κ1) is 11.8. The van der Waals surface area contributed by atoms with Gasteiger partial charge in [-0.05, 0) is 36.5 Å². The average molecular weight is 333 g/mol. The maximum absolute atomic E-state index is 8.46. The van der Waals surface area contributed by atoms with E-state index in [2.05, 4.69) is 0 Å². The van der Waals surface area contributed by atoms with Crippen LogP contribution < -0.4 is 4.90 Å². The van der Waals surface area contributed by atoms with Gasteiger partial charge in [-0.3, -0.25) is 0 Å². The molecule has 2 nitrogen and oxygen atoms in total. The predicted molar refractivity (Wildman–Crippen MR) is 107 cm³/mol. The Bertz CT molecular complexity index is 1180. The Morgan fingerprint density at radius 1 is 0.920 bits per heavy atom. The number of para-hydroxylation sites is 2. The summed E-state index contributed by atoms with van der Waals surface area (Å²) in [6, 6.07) is 18.8. The first-order chi connectivity index (χ1) is 13.6. The molecular weight excluding hydrogens is 306 g/mol. The van der Waals surface area contributed by atoms with E-state index in [4.69, 9.17) is 9.90 Å². The Morgan fingerprint density at radius 3 is 2.28 bits per heavy atom. The van der Waals surface area contributed by atoms with Crippen LogP contribution in [0.5, 0.6) is 0 Å². The third kappa shape index (κ3) is 2.58. The highest BCUT2D eigenvalue weighted by molar-refractivity contribution is 6.10. The van der Waals surface area contributed by atoms with Crippen molar-refractivity contribution in [2.24, 2.45) is 0 Å². The molecule has 1 heterocycles. The highest BCUT2D eigenvalue weighted by atomic mass is 16.3. The second-order valence-corrected chi connectivity index (χ2v) is 6.54. The molecule has 0 spiro atoms. The van der Waals surface area contributed by atoms with Gasteiger partial charge in [-0.15, -0.1) is 0 Å². The fourth-order valence-electron chi connectivity index (χ4n) is 3.29. The predicted octanol–water partition coefficient (Wildman–Crippen LogP) is 6.79. The smallest absolute Gasteiger partial charge is 0.159 e. The Labute approximate surface area is 154 Å². The normalized spacial score (nSPS) is 14.8. The van der Waals surface area contributed by atoms with Crippen molar-refractivity contribution < 1.29 is 9.90 Å². The molecule has 25 heavy (non-hydrogen) atoms. The molecule has 0 saturated heterocycles. The van der Waals surface area contributed by atoms with E-state index in [0.717, 1.165) is 38.9 Å². The van der Waals surface area contributed by atoms with Crippen molar-refractivity contribution in [3.63, 3.8) is 0 Å². The van der Waals surface area contributed by atoms with Gasteiger partial charge in [-0.2, -0.15) is 0 Å². The van der Waals surface area contributed by atoms with Crippen LogP contribution in [0.4, 0.5) is 11.4 Å². The van der Waals surface area contributed by atoms with Crippen molar-refractivity contribution in [3.05, 3.63) is 71.8 Å². The topological polar surface area (TPSA) is 16.4 Å². The molecule has 0 aliphatic carbocycles. The van der Waals surface area contributed by atoms with Crippen LogP contribution in [0.15, 0.2) is 65.1 Å². The number of anilines is 2. The molecule has 0 atom stereocenters. The lowest BCUT2D eigenvalue weighted by Crippen LogP contribution is -2.09. The van der Waals surface area contributed by atoms with Crippen molar-refractivity contribution >= 4 is 33.3 Å². The lowest BCUT2D eigenvalue weighted by atomic mass is 10.0. The van der Waals surface area contributed by atoms with Crippen LogP contribution in [-0.4, -0.2) is 7.05 Å². The lowest BCUT2D eigenvalue weighted by Gasteiger charge is -2.19. The minimum atomic E-state index is -2.12. The van der Waals surface area contributed by atoms with Gasteiger partial charge in [0.15, 0.2) is 5.58 Å². The minimum Gasteiger partial charge on any atom is -0.454 e. The zero-order valence-corrected chi connectivity index (χ0v) is 14.6. The number of furan rings is 1. The fraction of sp³-hybridized carbons (Fsp3) is 0.217. The molecule has 4 aromatic rings. The van der Waals surface area contributed by atoms with Gasteiger partial charge in [0, 0.05) is 29.0 Å². The van der Waals surface area contributed by atoms with E-state index in [1.54, 1.807) is 12.1 Å². The molecule has 0 saturated carbocycles. The summed E-state index contributed by atoms with van der Waals surface area (Å²) in [7, 11) is 1.93. The van der Waals surface area contributed by atoms with E-state index in [1.165, 1.54) is 0 Å². The van der Waals surface area contributed by atoms with Crippen LogP contribution in [0.25, 0.3) is 21.9 Å². The van der Waals surface area contributed by atoms with Crippen molar-refractivity contribution in [2.75, 3.05) is 11.9 Å². The van der Waals surface area contributed by atoms with Crippen molar-refractivity contribution in [1.82, 2.24) is 0 Å². The summed E-state index contributed by atoms with van der Waals surface area (Å²) in [4.78, 5) is 1.99. The van der Waals surface area contributed by atoms with Gasteiger partial charge in [0.1, 0.15) is 5.58 Å². The van der Waals surface area contributed by atoms with Gasteiger partial charge in [0.2, 0.25) is 0 Å². The molecule has 3 aromatic carbocycles. The molecular formula is C23H23NO. The van der Waals surface area contributed by atoms with Gasteiger partial charge >= 0.3 is 0 Å². The molecule has 0 N–H and O–H groups in total. The summed E-state index contributed by atoms with van der Waals surface area (Å²) in [6.45, 7) is 1.60. The highest BCUT2D eigenvalue weighted by Gasteiger charge is 2.17. The highest BCUT2D eigenvalue weighted by Crippen LogP contribution is 2.39. The number of hydrogen-bond acceptors (Lipinski definition) is 2. The third-order valence-corrected chi connectivity index (χ3v) is 4.66. The largest absolute Gasteiger partial charge is 0.454 e. The molecule has 0 fully saturated rings. The summed E-state index contributed by atoms with van der Waals surface area (Å²) in [5.41, 5.74) is 4.41. The first-order valence-corrected chi connectivity index (χ1v) is 8.36. The van der Waals surface area contributed by atoms with E-state index in [-0.39, 0.29) is 0 Å². The average Bonchev–Trinajstić information content (AvgIpc) is 3.04. The Morgan fingerprint density at radius 2 is 1.60 bits per heavy atom. The van der Waals surface area contributed by atoms with Crippen LogP contribution >= 0.6 is 0 Å². The Hall–Kier alpha value is -2.74. The fourth-order valence-corrected chi connectivity index (χ4v) is 3.29. The van der Waals surface area contributed by atoms with E-state index in [9.17, 15) is 0 Å². The summed E-state index contributed by atoms with van der Waals surface area (Å²) in [5, 5.41) is 1.99. The maximum atomic E-state index is 8.46. The first-order valence-electron chi connectivity index (χ1n) is 10.4. The van der Waals surface area contributed by atoms with Gasteiger partial charge in [-0.25, -0.2) is 0 Å². The van der Waals surface area contributed by atoms with E-state index in [0.29, 0.717) is 5.56 Å². The van der Waals surface area contributed by atoms with E-state index in [1.807, 2.05) is 74.3 Å². The number of hydrogen-bond donors (Lipinski definition) is 0. The molecule has 0 amide bonds. The third-order valence-electron chi connectivity index (χ3n) is 4.66. The number of nitrogens with zero attached hydrogens (tertiary/aromatic N) is 1. The number of benzene rings is 3. The maximum Gasteiger partial charge on any atom is 0.159 e. The van der Waals surface area contributed by atoms with Crippen LogP contribution in [0, 0.1) is 6.85 Å². The minimum absolute atomic E-state index is 0.318. The van der Waals surface area contributed by atoms with Crippen molar-refractivity contribution in [1.29, 1.82) is 0 Å². The molecule has 0 aliphatic heterocycles. The summed E-state index contributed by atoms with van der Waals surface area (Å²) < 4.78 is 37.4. The summed E-state index contributed by atoms with van der Waals surface area (Å²) >= 11 is 0. The van der Waals surface area contributed by atoms with Crippen LogP contribution in [-0.2, 0) is 0 Å². The zero-order valence-electron chi connectivity index (χ0n) is 18.6. The van der Waals surface area contributed by atoms with E-state index < -0.39 is 12.7 Å². The molecule has 0 aliphatic rings. The molecule has 0 radical (unpaired) electrons. The second-order valence-electron chi connectivity index (χ2n) is 6.54. The quantitative estimate of drug-likeness (QED) is 0.410. The summed E-state index contributed by atoms with van der Waals surface area (Å²) in [5.74, 6) is -0.773. The van der Waals surface area contributed by atoms with Gasteiger partial charge < -0.3 is 9.32 Å². The molecule has 0 unspecified atom stereocenters. The Balaban J connectivity index is 1.86.